The normalized spacial score (nSPS) is 26.8. The van der Waals surface area contributed by atoms with Gasteiger partial charge in [-0.1, -0.05) is 0 Å². The SMILES string of the molecule is O=[N+]([O-])c1cn([C@H]2C[C@H](O)C2)cn1. The van der Waals surface area contributed by atoms with E-state index in [1.54, 1.807) is 4.57 Å². The van der Waals surface area contributed by atoms with Crippen molar-refractivity contribution in [2.45, 2.75) is 25.0 Å². The molecule has 0 spiro atoms. The van der Waals surface area contributed by atoms with Gasteiger partial charge in [0.2, 0.25) is 6.33 Å². The van der Waals surface area contributed by atoms with Crippen LogP contribution >= 0.6 is 0 Å². The average Bonchev–Trinajstić information content (AvgIpc) is 2.46. The Hall–Kier alpha value is -1.43. The number of nitro groups is 1. The Bertz CT molecular complexity index is 329. The van der Waals surface area contributed by atoms with Crippen molar-refractivity contribution < 1.29 is 10.0 Å². The third-order valence-corrected chi connectivity index (χ3v) is 2.28. The quantitative estimate of drug-likeness (QED) is 0.534. The van der Waals surface area contributed by atoms with Crippen LogP contribution in [-0.2, 0) is 0 Å². The molecule has 0 aromatic carbocycles. The van der Waals surface area contributed by atoms with Gasteiger partial charge >= 0.3 is 5.82 Å². The maximum atomic E-state index is 10.3. The number of hydrogen-bond donors (Lipinski definition) is 1. The van der Waals surface area contributed by atoms with Crippen molar-refractivity contribution in [2.24, 2.45) is 0 Å². The molecule has 6 heteroatoms. The van der Waals surface area contributed by atoms with Crippen molar-refractivity contribution in [2.75, 3.05) is 0 Å². The van der Waals surface area contributed by atoms with Crippen LogP contribution in [0.1, 0.15) is 18.9 Å². The zero-order chi connectivity index (χ0) is 9.42. The molecule has 1 aromatic rings. The zero-order valence-electron chi connectivity index (χ0n) is 6.83. The molecule has 13 heavy (non-hydrogen) atoms. The summed E-state index contributed by atoms with van der Waals surface area (Å²) in [5.74, 6) is -0.138. The molecule has 0 bridgehead atoms. The predicted molar refractivity (Wildman–Crippen MR) is 43.2 cm³/mol. The Balaban J connectivity index is 2.10. The van der Waals surface area contributed by atoms with E-state index in [1.165, 1.54) is 12.5 Å². The molecule has 0 amide bonds. The van der Waals surface area contributed by atoms with Crippen molar-refractivity contribution >= 4 is 5.82 Å². The van der Waals surface area contributed by atoms with Crippen LogP contribution in [-0.4, -0.2) is 25.7 Å². The zero-order valence-corrected chi connectivity index (χ0v) is 6.83. The first kappa shape index (κ1) is 8.18. The van der Waals surface area contributed by atoms with Crippen LogP contribution in [0.5, 0.6) is 0 Å². The van der Waals surface area contributed by atoms with E-state index in [4.69, 9.17) is 5.11 Å². The third-order valence-electron chi connectivity index (χ3n) is 2.28. The second kappa shape index (κ2) is 2.81. The maximum absolute atomic E-state index is 10.3. The summed E-state index contributed by atoms with van der Waals surface area (Å²) < 4.78 is 1.69. The number of hydrogen-bond acceptors (Lipinski definition) is 4. The number of aliphatic hydroxyl groups is 1. The molecule has 0 radical (unpaired) electrons. The summed E-state index contributed by atoms with van der Waals surface area (Å²) in [6, 6.07) is 0.177. The van der Waals surface area contributed by atoms with E-state index in [-0.39, 0.29) is 18.0 Å². The van der Waals surface area contributed by atoms with Gasteiger partial charge in [0.25, 0.3) is 0 Å². The molecular formula is C7H9N3O3. The highest BCUT2D eigenvalue weighted by Gasteiger charge is 2.30. The van der Waals surface area contributed by atoms with E-state index in [0.717, 1.165) is 0 Å². The maximum Gasteiger partial charge on any atom is 0.381 e. The molecule has 2 rings (SSSR count). The average molecular weight is 183 g/mol. The molecule has 1 aromatic heterocycles. The second-order valence-electron chi connectivity index (χ2n) is 3.22. The molecule has 0 saturated heterocycles. The molecule has 0 atom stereocenters. The lowest BCUT2D eigenvalue weighted by Crippen LogP contribution is -2.30. The largest absolute Gasteiger partial charge is 0.393 e. The van der Waals surface area contributed by atoms with Crippen molar-refractivity contribution in [1.29, 1.82) is 0 Å². The van der Waals surface area contributed by atoms with Gasteiger partial charge in [-0.25, -0.2) is 0 Å². The van der Waals surface area contributed by atoms with Gasteiger partial charge in [0.1, 0.15) is 6.20 Å². The topological polar surface area (TPSA) is 81.2 Å². The molecule has 1 saturated carbocycles. The van der Waals surface area contributed by atoms with Crippen LogP contribution in [0.15, 0.2) is 12.5 Å². The minimum absolute atomic E-state index is 0.138. The van der Waals surface area contributed by atoms with Crippen molar-refractivity contribution in [3.63, 3.8) is 0 Å². The number of nitrogens with zero attached hydrogens (tertiary/aromatic N) is 3. The lowest BCUT2D eigenvalue weighted by atomic mass is 9.89. The summed E-state index contributed by atoms with van der Waals surface area (Å²) in [6.45, 7) is 0. The molecule has 0 aliphatic heterocycles. The smallest absolute Gasteiger partial charge is 0.381 e. The highest BCUT2D eigenvalue weighted by molar-refractivity contribution is 5.13. The molecule has 0 unspecified atom stereocenters. The summed E-state index contributed by atoms with van der Waals surface area (Å²) in [5.41, 5.74) is 0. The fourth-order valence-corrected chi connectivity index (χ4v) is 1.42. The summed E-state index contributed by atoms with van der Waals surface area (Å²) in [7, 11) is 0. The van der Waals surface area contributed by atoms with Crippen LogP contribution in [0.3, 0.4) is 0 Å². The molecule has 1 fully saturated rings. The summed E-state index contributed by atoms with van der Waals surface area (Å²) in [4.78, 5) is 13.4. The van der Waals surface area contributed by atoms with Crippen LogP contribution in [0.2, 0.25) is 0 Å². The number of imidazole rings is 1. The van der Waals surface area contributed by atoms with Gasteiger partial charge in [-0.2, -0.15) is 0 Å². The van der Waals surface area contributed by atoms with E-state index < -0.39 is 4.92 Å². The van der Waals surface area contributed by atoms with E-state index in [9.17, 15) is 10.1 Å². The standard InChI is InChI=1S/C7H9N3O3/c11-6-1-5(2-6)9-3-7(8-4-9)10(12)13/h3-6,11H,1-2H2/t5-,6-. The first-order chi connectivity index (χ1) is 6.16. The Morgan fingerprint density at radius 3 is 2.85 bits per heavy atom. The first-order valence-corrected chi connectivity index (χ1v) is 4.03. The van der Waals surface area contributed by atoms with E-state index >= 15 is 0 Å². The lowest BCUT2D eigenvalue weighted by Gasteiger charge is -2.31. The Morgan fingerprint density at radius 2 is 2.38 bits per heavy atom. The second-order valence-corrected chi connectivity index (χ2v) is 3.22. The van der Waals surface area contributed by atoms with Crippen molar-refractivity contribution in [3.05, 3.63) is 22.6 Å². The monoisotopic (exact) mass is 183 g/mol. The summed E-state index contributed by atoms with van der Waals surface area (Å²) >= 11 is 0. The lowest BCUT2D eigenvalue weighted by molar-refractivity contribution is -0.389. The van der Waals surface area contributed by atoms with Crippen molar-refractivity contribution in [1.82, 2.24) is 9.55 Å². The van der Waals surface area contributed by atoms with Gasteiger partial charge in [-0.15, -0.1) is 0 Å². The van der Waals surface area contributed by atoms with Gasteiger partial charge in [-0.3, -0.25) is 0 Å². The minimum atomic E-state index is -0.522. The van der Waals surface area contributed by atoms with E-state index in [2.05, 4.69) is 4.98 Å². The van der Waals surface area contributed by atoms with Crippen molar-refractivity contribution in [3.8, 4) is 0 Å². The molecule has 70 valence electrons. The highest BCUT2D eigenvalue weighted by Crippen LogP contribution is 2.32. The fraction of sp³-hybridized carbons (Fsp3) is 0.571. The predicted octanol–water partition coefficient (Wildman–Crippen LogP) is 0.487. The van der Waals surface area contributed by atoms with E-state index in [1.807, 2.05) is 0 Å². The Kier molecular flexibility index (Phi) is 1.77. The number of aliphatic hydroxyl groups excluding tert-OH is 1. The Labute approximate surface area is 74.0 Å². The van der Waals surface area contributed by atoms with Gasteiger partial charge in [0.15, 0.2) is 0 Å². The molecule has 1 N–H and O–H groups in total. The number of aromatic nitrogens is 2. The van der Waals surface area contributed by atoms with Gasteiger partial charge in [0.05, 0.1) is 6.10 Å². The molecule has 1 heterocycles. The summed E-state index contributed by atoms with van der Waals surface area (Å²) in [6.07, 6.45) is 3.90. The molecule has 1 aliphatic rings. The van der Waals surface area contributed by atoms with Crippen LogP contribution < -0.4 is 0 Å². The molecule has 1 aliphatic carbocycles. The first-order valence-electron chi connectivity index (χ1n) is 4.03. The third kappa shape index (κ3) is 1.40. The fourth-order valence-electron chi connectivity index (χ4n) is 1.42. The summed E-state index contributed by atoms with van der Waals surface area (Å²) in [5, 5.41) is 19.3. The van der Waals surface area contributed by atoms with Gasteiger partial charge in [-0.05, 0) is 22.7 Å². The van der Waals surface area contributed by atoms with Crippen LogP contribution in [0.4, 0.5) is 5.82 Å². The number of rotatable bonds is 2. The van der Waals surface area contributed by atoms with E-state index in [0.29, 0.717) is 12.8 Å². The highest BCUT2D eigenvalue weighted by atomic mass is 16.6. The molecule has 6 nitrogen and oxygen atoms in total. The van der Waals surface area contributed by atoms with Crippen LogP contribution in [0, 0.1) is 10.1 Å². The Morgan fingerprint density at radius 1 is 1.69 bits per heavy atom. The van der Waals surface area contributed by atoms with Gasteiger partial charge < -0.3 is 19.8 Å². The van der Waals surface area contributed by atoms with Crippen LogP contribution in [0.25, 0.3) is 0 Å². The van der Waals surface area contributed by atoms with Gasteiger partial charge in [0, 0.05) is 6.04 Å². The molecular weight excluding hydrogens is 174 g/mol. The minimum Gasteiger partial charge on any atom is -0.393 e.